The van der Waals surface area contributed by atoms with Gasteiger partial charge in [0.25, 0.3) is 11.8 Å². The van der Waals surface area contributed by atoms with Crippen LogP contribution >= 0.6 is 39.1 Å². The number of amides is 2. The van der Waals surface area contributed by atoms with E-state index in [0.717, 1.165) is 0 Å². The maximum Gasteiger partial charge on any atom is 0.262 e. The number of methoxy groups -OCH3 is 1. The largest absolute Gasteiger partial charge is 0.493 e. The molecule has 0 saturated carbocycles. The first-order chi connectivity index (χ1) is 15.5. The molecule has 1 unspecified atom stereocenters. The van der Waals surface area contributed by atoms with Crippen molar-refractivity contribution in [1.29, 1.82) is 0 Å². The topological polar surface area (TPSA) is 89.0 Å². The van der Waals surface area contributed by atoms with Crippen molar-refractivity contribution in [2.24, 2.45) is 11.0 Å². The van der Waals surface area contributed by atoms with Crippen molar-refractivity contribution in [2.45, 2.75) is 39.8 Å². The van der Waals surface area contributed by atoms with Crippen LogP contribution in [0.25, 0.3) is 0 Å². The van der Waals surface area contributed by atoms with Crippen LogP contribution in [-0.4, -0.2) is 37.3 Å². The lowest BCUT2D eigenvalue weighted by molar-refractivity contribution is -0.123. The molecule has 0 aliphatic heterocycles. The minimum atomic E-state index is -0.813. The fourth-order valence-electron chi connectivity index (χ4n) is 2.80. The number of carbonyl (C=O) groups excluding carboxylic acids is 2. The molecule has 2 aromatic carbocycles. The van der Waals surface area contributed by atoms with Gasteiger partial charge < -0.3 is 14.8 Å². The van der Waals surface area contributed by atoms with Crippen LogP contribution in [0.4, 0.5) is 0 Å². The van der Waals surface area contributed by atoms with Gasteiger partial charge in [0.05, 0.1) is 33.9 Å². The Hall–Kier alpha value is -2.29. The van der Waals surface area contributed by atoms with E-state index in [2.05, 4.69) is 31.8 Å². The summed E-state index contributed by atoms with van der Waals surface area (Å²) >= 11 is 15.4. The van der Waals surface area contributed by atoms with Gasteiger partial charge in [0.15, 0.2) is 11.5 Å². The van der Waals surface area contributed by atoms with Crippen LogP contribution in [0.2, 0.25) is 10.0 Å². The maximum atomic E-state index is 12.7. The van der Waals surface area contributed by atoms with E-state index in [1.54, 1.807) is 19.2 Å². The van der Waals surface area contributed by atoms with Crippen molar-refractivity contribution in [1.82, 2.24) is 10.7 Å². The highest BCUT2D eigenvalue weighted by molar-refractivity contribution is 9.10. The highest BCUT2D eigenvalue weighted by Crippen LogP contribution is 2.37. The van der Waals surface area contributed by atoms with Crippen LogP contribution in [0.5, 0.6) is 11.5 Å². The zero-order chi connectivity index (χ0) is 24.7. The van der Waals surface area contributed by atoms with E-state index in [0.29, 0.717) is 32.1 Å². The van der Waals surface area contributed by atoms with Crippen molar-refractivity contribution >= 4 is 57.2 Å². The molecule has 10 heteroatoms. The van der Waals surface area contributed by atoms with Gasteiger partial charge in [-0.2, -0.15) is 5.10 Å². The van der Waals surface area contributed by atoms with Gasteiger partial charge in [0.2, 0.25) is 0 Å². The molecule has 0 spiro atoms. The zero-order valence-electron chi connectivity index (χ0n) is 18.9. The van der Waals surface area contributed by atoms with Crippen molar-refractivity contribution < 1.29 is 19.1 Å². The van der Waals surface area contributed by atoms with Crippen LogP contribution in [0.1, 0.15) is 43.6 Å². The van der Waals surface area contributed by atoms with Gasteiger partial charge in [0, 0.05) is 5.56 Å². The lowest BCUT2D eigenvalue weighted by Gasteiger charge is -2.20. The Morgan fingerprint density at radius 3 is 2.36 bits per heavy atom. The Morgan fingerprint density at radius 1 is 1.09 bits per heavy atom. The summed E-state index contributed by atoms with van der Waals surface area (Å²) < 4.78 is 11.9. The van der Waals surface area contributed by atoms with E-state index in [-0.39, 0.29) is 17.0 Å². The van der Waals surface area contributed by atoms with Gasteiger partial charge in [-0.05, 0) is 71.6 Å². The molecule has 2 rings (SSSR count). The maximum absolute atomic E-state index is 12.7. The fraction of sp³-hybridized carbons (Fsp3) is 0.348. The zero-order valence-corrected chi connectivity index (χ0v) is 22.0. The standard InChI is InChI=1S/C23H26BrCl2N3O4/c1-12(2)20(28-22(30)15-6-7-17(25)18(26)10-15)23(31)29-27-11-14-8-16(24)21(33-13(3)4)19(9-14)32-5/h6-13,20H,1-5H3,(H,28,30)(H,29,31)/b27-11+. The van der Waals surface area contributed by atoms with Gasteiger partial charge in [-0.1, -0.05) is 37.0 Å². The number of rotatable bonds is 9. The number of ether oxygens (including phenoxy) is 2. The third kappa shape index (κ3) is 7.62. The highest BCUT2D eigenvalue weighted by atomic mass is 79.9. The average molecular weight is 559 g/mol. The second-order valence-electron chi connectivity index (χ2n) is 7.76. The van der Waals surface area contributed by atoms with Gasteiger partial charge in [-0.25, -0.2) is 5.43 Å². The molecule has 7 nitrogen and oxygen atoms in total. The molecule has 2 N–H and O–H groups in total. The van der Waals surface area contributed by atoms with Crippen molar-refractivity contribution in [2.75, 3.05) is 7.11 Å². The lowest BCUT2D eigenvalue weighted by Crippen LogP contribution is -2.48. The summed E-state index contributed by atoms with van der Waals surface area (Å²) in [6, 6.07) is 7.23. The summed E-state index contributed by atoms with van der Waals surface area (Å²) in [5, 5.41) is 7.33. The van der Waals surface area contributed by atoms with E-state index in [9.17, 15) is 9.59 Å². The van der Waals surface area contributed by atoms with Crippen LogP contribution in [0.3, 0.4) is 0 Å². The van der Waals surface area contributed by atoms with Crippen molar-refractivity contribution in [3.8, 4) is 11.5 Å². The van der Waals surface area contributed by atoms with E-state index < -0.39 is 17.9 Å². The minimum Gasteiger partial charge on any atom is -0.493 e. The third-order valence-electron chi connectivity index (χ3n) is 4.41. The molecule has 0 saturated heterocycles. The summed E-state index contributed by atoms with van der Waals surface area (Å²) in [5.41, 5.74) is 3.45. The summed E-state index contributed by atoms with van der Waals surface area (Å²) in [4.78, 5) is 25.3. The number of carbonyl (C=O) groups is 2. The number of hydrogen-bond acceptors (Lipinski definition) is 5. The summed E-state index contributed by atoms with van der Waals surface area (Å²) in [6.07, 6.45) is 1.45. The van der Waals surface area contributed by atoms with Gasteiger partial charge >= 0.3 is 0 Å². The Morgan fingerprint density at radius 2 is 1.79 bits per heavy atom. The number of hydrazone groups is 1. The third-order valence-corrected chi connectivity index (χ3v) is 5.74. The molecule has 178 valence electrons. The lowest BCUT2D eigenvalue weighted by atomic mass is 10.0. The van der Waals surface area contributed by atoms with Crippen LogP contribution in [0.15, 0.2) is 39.9 Å². The normalized spacial score (nSPS) is 12.2. The van der Waals surface area contributed by atoms with Crippen molar-refractivity contribution in [3.63, 3.8) is 0 Å². The molecular formula is C23H26BrCl2N3O4. The highest BCUT2D eigenvalue weighted by Gasteiger charge is 2.25. The second-order valence-corrected chi connectivity index (χ2v) is 9.43. The smallest absolute Gasteiger partial charge is 0.262 e. The fourth-order valence-corrected chi connectivity index (χ4v) is 3.65. The van der Waals surface area contributed by atoms with E-state index >= 15 is 0 Å². The number of nitrogens with zero attached hydrogens (tertiary/aromatic N) is 1. The molecule has 33 heavy (non-hydrogen) atoms. The van der Waals surface area contributed by atoms with Crippen LogP contribution in [-0.2, 0) is 4.79 Å². The molecule has 0 aliphatic carbocycles. The Balaban J connectivity index is 2.10. The SMILES string of the molecule is COc1cc(/C=N/NC(=O)C(NC(=O)c2ccc(Cl)c(Cl)c2)C(C)C)cc(Br)c1OC(C)C. The predicted molar refractivity (Wildman–Crippen MR) is 135 cm³/mol. The number of nitrogens with one attached hydrogen (secondary N) is 2. The quantitative estimate of drug-likeness (QED) is 0.316. The van der Waals surface area contributed by atoms with E-state index in [4.69, 9.17) is 32.7 Å². The summed E-state index contributed by atoms with van der Waals surface area (Å²) in [5.74, 6) is 0.0215. The molecule has 1 atom stereocenters. The first-order valence-corrected chi connectivity index (χ1v) is 11.7. The average Bonchev–Trinajstić information content (AvgIpc) is 2.74. The van der Waals surface area contributed by atoms with Crippen LogP contribution in [0, 0.1) is 5.92 Å². The van der Waals surface area contributed by atoms with Gasteiger partial charge in [-0.3, -0.25) is 9.59 Å². The second kappa shape index (κ2) is 12.3. The first-order valence-electron chi connectivity index (χ1n) is 10.2. The number of benzene rings is 2. The van der Waals surface area contributed by atoms with E-state index in [1.165, 1.54) is 24.4 Å². The number of halogens is 3. The van der Waals surface area contributed by atoms with E-state index in [1.807, 2.05) is 27.7 Å². The molecule has 2 aromatic rings. The molecule has 0 fully saturated rings. The Bertz CT molecular complexity index is 1040. The molecule has 0 radical (unpaired) electrons. The number of hydrogen-bond donors (Lipinski definition) is 2. The van der Waals surface area contributed by atoms with Gasteiger partial charge in [0.1, 0.15) is 6.04 Å². The summed E-state index contributed by atoms with van der Waals surface area (Å²) in [7, 11) is 1.54. The van der Waals surface area contributed by atoms with Crippen LogP contribution < -0.4 is 20.2 Å². The Kier molecular flexibility index (Phi) is 10.0. The molecule has 0 heterocycles. The molecule has 2 amide bonds. The summed E-state index contributed by atoms with van der Waals surface area (Å²) in [6.45, 7) is 7.47. The Labute approximate surface area is 211 Å². The molecular weight excluding hydrogens is 533 g/mol. The predicted octanol–water partition coefficient (Wildman–Crippen LogP) is 5.46. The molecule has 0 aliphatic rings. The van der Waals surface area contributed by atoms with Gasteiger partial charge in [-0.15, -0.1) is 0 Å². The molecule has 0 bridgehead atoms. The molecule has 0 aromatic heterocycles. The first kappa shape index (κ1) is 27.0. The van der Waals surface area contributed by atoms with Crippen molar-refractivity contribution in [3.05, 3.63) is 56.0 Å². The monoisotopic (exact) mass is 557 g/mol. The minimum absolute atomic E-state index is 0.0268.